The fourth-order valence-corrected chi connectivity index (χ4v) is 2.63. The lowest BCUT2D eigenvalue weighted by Gasteiger charge is -2.03. The molecule has 0 saturated carbocycles. The fourth-order valence-electron chi connectivity index (χ4n) is 1.72. The topological polar surface area (TPSA) is 95.8 Å². The number of nitrogens with one attached hydrogen (secondary N) is 1. The van der Waals surface area contributed by atoms with Crippen molar-refractivity contribution in [3.8, 4) is 0 Å². The first kappa shape index (κ1) is 15.7. The van der Waals surface area contributed by atoms with Crippen LogP contribution in [0.1, 0.15) is 21.5 Å². The molecule has 114 valence electrons. The summed E-state index contributed by atoms with van der Waals surface area (Å²) in [4.78, 5) is 12.8. The number of aromatic carboxylic acids is 1. The van der Waals surface area contributed by atoms with Crippen LogP contribution in [0.3, 0.4) is 0 Å². The lowest BCUT2D eigenvalue weighted by atomic mass is 10.1. The Morgan fingerprint density at radius 3 is 2.32 bits per heavy atom. The van der Waals surface area contributed by atoms with Gasteiger partial charge in [-0.25, -0.2) is 18.0 Å². The molecule has 2 aromatic carbocycles. The van der Waals surface area contributed by atoms with Gasteiger partial charge in [-0.15, -0.1) is 0 Å². The third-order valence-electron chi connectivity index (χ3n) is 2.76. The van der Waals surface area contributed by atoms with Gasteiger partial charge in [0, 0.05) is 0 Å². The third-order valence-corrected chi connectivity index (χ3v) is 3.86. The fraction of sp³-hybridized carbons (Fsp3) is 0.0667. The first-order chi connectivity index (χ1) is 10.5. The van der Waals surface area contributed by atoms with Crippen molar-refractivity contribution in [3.05, 3.63) is 71.3 Å². The summed E-state index contributed by atoms with van der Waals surface area (Å²) >= 11 is 0. The smallest absolute Gasteiger partial charge is 0.335 e. The Morgan fingerprint density at radius 2 is 1.73 bits per heavy atom. The molecule has 0 aliphatic carbocycles. The second-order valence-electron chi connectivity index (χ2n) is 4.52. The van der Waals surface area contributed by atoms with Crippen LogP contribution in [-0.4, -0.2) is 25.7 Å². The molecule has 2 N–H and O–H groups in total. The van der Waals surface area contributed by atoms with Crippen LogP contribution in [-0.2, 0) is 15.8 Å². The number of carboxylic acids is 1. The zero-order valence-corrected chi connectivity index (χ0v) is 12.3. The Hall–Kier alpha value is -2.67. The molecule has 0 radical (unpaired) electrons. The van der Waals surface area contributed by atoms with E-state index in [4.69, 9.17) is 5.11 Å². The Kier molecular flexibility index (Phi) is 4.90. The van der Waals surface area contributed by atoms with Gasteiger partial charge in [0.1, 0.15) is 0 Å². The van der Waals surface area contributed by atoms with Crippen molar-refractivity contribution >= 4 is 22.2 Å². The molecule has 0 aromatic heterocycles. The number of rotatable bonds is 6. The lowest BCUT2D eigenvalue weighted by molar-refractivity contribution is 0.0697. The highest BCUT2D eigenvalue weighted by molar-refractivity contribution is 7.88. The van der Waals surface area contributed by atoms with Gasteiger partial charge >= 0.3 is 5.97 Å². The van der Waals surface area contributed by atoms with Crippen LogP contribution < -0.4 is 4.83 Å². The molecule has 0 aliphatic rings. The Morgan fingerprint density at radius 1 is 1.09 bits per heavy atom. The van der Waals surface area contributed by atoms with Crippen LogP contribution >= 0.6 is 0 Å². The van der Waals surface area contributed by atoms with Gasteiger partial charge in [0.05, 0.1) is 17.5 Å². The molecule has 2 rings (SSSR count). The second-order valence-corrected chi connectivity index (χ2v) is 6.22. The number of hydrazone groups is 1. The highest BCUT2D eigenvalue weighted by Crippen LogP contribution is 2.04. The van der Waals surface area contributed by atoms with Crippen molar-refractivity contribution in [1.82, 2.24) is 4.83 Å². The number of sulfonamides is 1. The average molecular weight is 318 g/mol. The summed E-state index contributed by atoms with van der Waals surface area (Å²) in [5, 5.41) is 12.4. The summed E-state index contributed by atoms with van der Waals surface area (Å²) < 4.78 is 23.7. The van der Waals surface area contributed by atoms with E-state index in [0.29, 0.717) is 11.1 Å². The van der Waals surface area contributed by atoms with Crippen LogP contribution in [0.25, 0.3) is 0 Å². The summed E-state index contributed by atoms with van der Waals surface area (Å²) in [7, 11) is -3.57. The van der Waals surface area contributed by atoms with Crippen LogP contribution in [0, 0.1) is 0 Å². The average Bonchev–Trinajstić information content (AvgIpc) is 2.48. The zero-order chi connectivity index (χ0) is 16.0. The Balaban J connectivity index is 1.97. The summed E-state index contributed by atoms with van der Waals surface area (Å²) in [6.07, 6.45) is 1.31. The number of carboxylic acid groups (broad SMARTS) is 1. The van der Waals surface area contributed by atoms with Gasteiger partial charge in [-0.1, -0.05) is 42.5 Å². The normalized spacial score (nSPS) is 11.5. The molecule has 0 bridgehead atoms. The summed E-state index contributed by atoms with van der Waals surface area (Å²) in [5.41, 5.74) is 1.41. The van der Waals surface area contributed by atoms with E-state index in [1.807, 2.05) is 6.07 Å². The van der Waals surface area contributed by atoms with E-state index in [0.717, 1.165) is 0 Å². The molecule has 0 spiro atoms. The number of benzene rings is 2. The standard InChI is InChI=1S/C15H14N2O4S/c18-15(19)14-8-6-12(7-9-14)10-16-17-22(20,21)11-13-4-2-1-3-5-13/h1-10,17H,11H2,(H,18,19)/b16-10+. The number of hydrogen-bond donors (Lipinski definition) is 2. The van der Waals surface area contributed by atoms with E-state index in [9.17, 15) is 13.2 Å². The lowest BCUT2D eigenvalue weighted by Crippen LogP contribution is -2.20. The van der Waals surface area contributed by atoms with Crippen molar-refractivity contribution in [3.63, 3.8) is 0 Å². The maximum atomic E-state index is 11.8. The molecule has 0 amide bonds. The second kappa shape index (κ2) is 6.86. The van der Waals surface area contributed by atoms with Crippen LogP contribution in [0.2, 0.25) is 0 Å². The minimum atomic E-state index is -3.57. The van der Waals surface area contributed by atoms with E-state index in [2.05, 4.69) is 9.93 Å². The van der Waals surface area contributed by atoms with Crippen LogP contribution in [0.5, 0.6) is 0 Å². The third kappa shape index (κ3) is 4.71. The zero-order valence-electron chi connectivity index (χ0n) is 11.5. The van der Waals surface area contributed by atoms with Gasteiger partial charge in [0.2, 0.25) is 0 Å². The maximum absolute atomic E-state index is 11.8. The molecular weight excluding hydrogens is 304 g/mol. The van der Waals surface area contributed by atoms with Gasteiger partial charge in [0.15, 0.2) is 0 Å². The van der Waals surface area contributed by atoms with E-state index < -0.39 is 16.0 Å². The van der Waals surface area contributed by atoms with Crippen molar-refractivity contribution in [1.29, 1.82) is 0 Å². The van der Waals surface area contributed by atoms with E-state index >= 15 is 0 Å². The first-order valence-corrected chi connectivity index (χ1v) is 8.01. The molecule has 0 fully saturated rings. The SMILES string of the molecule is O=C(O)c1ccc(/C=N/NS(=O)(=O)Cc2ccccc2)cc1. The molecule has 0 unspecified atom stereocenters. The molecule has 0 aliphatic heterocycles. The molecule has 7 heteroatoms. The van der Waals surface area contributed by atoms with Gasteiger partial charge in [-0.2, -0.15) is 5.10 Å². The molecule has 2 aromatic rings. The van der Waals surface area contributed by atoms with E-state index in [1.54, 1.807) is 36.4 Å². The summed E-state index contributed by atoms with van der Waals surface area (Å²) in [6, 6.07) is 14.7. The molecule has 0 heterocycles. The van der Waals surface area contributed by atoms with Crippen molar-refractivity contribution in [2.24, 2.45) is 5.10 Å². The first-order valence-electron chi connectivity index (χ1n) is 6.36. The predicted octanol–water partition coefficient (Wildman–Crippen LogP) is 1.84. The van der Waals surface area contributed by atoms with Crippen molar-refractivity contribution < 1.29 is 18.3 Å². The number of nitrogens with zero attached hydrogens (tertiary/aromatic N) is 1. The van der Waals surface area contributed by atoms with Gasteiger partial charge in [-0.05, 0) is 23.3 Å². The van der Waals surface area contributed by atoms with Crippen molar-refractivity contribution in [2.45, 2.75) is 5.75 Å². The molecule has 22 heavy (non-hydrogen) atoms. The molecule has 6 nitrogen and oxygen atoms in total. The molecule has 0 saturated heterocycles. The van der Waals surface area contributed by atoms with Gasteiger partial charge in [-0.3, -0.25) is 0 Å². The highest BCUT2D eigenvalue weighted by Gasteiger charge is 2.09. The van der Waals surface area contributed by atoms with Crippen molar-refractivity contribution in [2.75, 3.05) is 0 Å². The Bertz CT molecular complexity index is 769. The minimum absolute atomic E-state index is 0.154. The largest absolute Gasteiger partial charge is 0.478 e. The molecule has 0 atom stereocenters. The van der Waals surface area contributed by atoms with E-state index in [-0.39, 0.29) is 11.3 Å². The predicted molar refractivity (Wildman–Crippen MR) is 83.2 cm³/mol. The highest BCUT2D eigenvalue weighted by atomic mass is 32.2. The van der Waals surface area contributed by atoms with Crippen LogP contribution in [0.15, 0.2) is 59.7 Å². The summed E-state index contributed by atoms with van der Waals surface area (Å²) in [5.74, 6) is -1.18. The Labute approximate surface area is 128 Å². The minimum Gasteiger partial charge on any atom is -0.478 e. The van der Waals surface area contributed by atoms with Crippen LogP contribution in [0.4, 0.5) is 0 Å². The number of carbonyl (C=O) groups is 1. The quantitative estimate of drug-likeness (QED) is 0.627. The van der Waals surface area contributed by atoms with E-state index in [1.165, 1.54) is 18.3 Å². The van der Waals surface area contributed by atoms with Gasteiger partial charge < -0.3 is 5.11 Å². The summed E-state index contributed by atoms with van der Waals surface area (Å²) in [6.45, 7) is 0. The monoisotopic (exact) mass is 318 g/mol. The number of hydrogen-bond acceptors (Lipinski definition) is 4. The molecular formula is C15H14N2O4S. The van der Waals surface area contributed by atoms with Gasteiger partial charge in [0.25, 0.3) is 10.0 Å². The maximum Gasteiger partial charge on any atom is 0.335 e.